The molecule has 0 radical (unpaired) electrons. The van der Waals surface area contributed by atoms with E-state index in [0.29, 0.717) is 23.7 Å². The molecule has 0 fully saturated rings. The molecular weight excluding hydrogens is 364 g/mol. The Kier molecular flexibility index (Phi) is 8.49. The molecule has 1 aliphatic rings. The molecule has 27 heavy (non-hydrogen) atoms. The Labute approximate surface area is 172 Å². The quantitative estimate of drug-likeness (QED) is 0.340. The fourth-order valence-electron chi connectivity index (χ4n) is 3.87. The third kappa shape index (κ3) is 6.25. The largest absolute Gasteiger partial charge is 0.544 e. The van der Waals surface area contributed by atoms with E-state index >= 15 is 0 Å². The second-order valence-corrected chi connectivity index (χ2v) is 19.3. The first kappa shape index (κ1) is 24.6. The molecule has 0 aliphatic heterocycles. The van der Waals surface area contributed by atoms with Gasteiger partial charge in [0.2, 0.25) is 16.6 Å². The van der Waals surface area contributed by atoms with E-state index in [-0.39, 0.29) is 0 Å². The van der Waals surface area contributed by atoms with E-state index < -0.39 is 16.6 Å². The van der Waals surface area contributed by atoms with Crippen molar-refractivity contribution in [3.05, 3.63) is 22.7 Å². The van der Waals surface area contributed by atoms with Gasteiger partial charge in [-0.3, -0.25) is 0 Å². The smallest absolute Gasteiger partial charge is 0.242 e. The molecule has 0 amide bonds. The van der Waals surface area contributed by atoms with Gasteiger partial charge in [0.15, 0.2) is 0 Å². The van der Waals surface area contributed by atoms with Gasteiger partial charge >= 0.3 is 0 Å². The molecule has 4 heteroatoms. The van der Waals surface area contributed by atoms with Crippen molar-refractivity contribution in [3.63, 3.8) is 0 Å². The van der Waals surface area contributed by atoms with E-state index in [2.05, 4.69) is 80.8 Å². The highest BCUT2D eigenvalue weighted by atomic mass is 28.4. The Morgan fingerprint density at radius 1 is 0.741 bits per heavy atom. The standard InChI is InChI=1S/C23H46O2Si2/c1-13-16(4)19-20(17(5)14-2)22(24-26(7,8)9)23(25-27(10,11)12)21(19)18(6)15-3/h16-18,20H,13-15H2,1-12H3. The van der Waals surface area contributed by atoms with Crippen LogP contribution in [-0.2, 0) is 8.85 Å². The summed E-state index contributed by atoms with van der Waals surface area (Å²) in [6.07, 6.45) is 3.47. The van der Waals surface area contributed by atoms with Crippen LogP contribution in [0.4, 0.5) is 0 Å². The van der Waals surface area contributed by atoms with Crippen molar-refractivity contribution in [2.45, 2.75) is 100 Å². The Morgan fingerprint density at radius 3 is 1.59 bits per heavy atom. The minimum absolute atomic E-state index is 0.382. The van der Waals surface area contributed by atoms with E-state index in [0.717, 1.165) is 18.6 Å². The maximum Gasteiger partial charge on any atom is 0.242 e. The third-order valence-corrected chi connectivity index (χ3v) is 7.33. The molecule has 0 aromatic heterocycles. The zero-order valence-corrected chi connectivity index (χ0v) is 22.2. The van der Waals surface area contributed by atoms with Crippen molar-refractivity contribution in [1.29, 1.82) is 0 Å². The molecule has 0 bridgehead atoms. The minimum atomic E-state index is -1.75. The fraction of sp³-hybridized carbons (Fsp3) is 0.826. The number of hydrogen-bond donors (Lipinski definition) is 0. The Hall–Kier alpha value is -0.486. The second-order valence-electron chi connectivity index (χ2n) is 10.5. The van der Waals surface area contributed by atoms with Crippen LogP contribution in [-0.4, -0.2) is 16.6 Å². The normalized spacial score (nSPS) is 22.1. The zero-order valence-electron chi connectivity index (χ0n) is 20.2. The molecule has 0 heterocycles. The van der Waals surface area contributed by atoms with Gasteiger partial charge in [-0.1, -0.05) is 48.0 Å². The van der Waals surface area contributed by atoms with Crippen molar-refractivity contribution >= 4 is 16.6 Å². The predicted octanol–water partition coefficient (Wildman–Crippen LogP) is 7.97. The molecule has 0 aromatic carbocycles. The summed E-state index contributed by atoms with van der Waals surface area (Å²) in [7, 11) is -3.48. The van der Waals surface area contributed by atoms with Gasteiger partial charge in [-0.2, -0.15) is 0 Å². The van der Waals surface area contributed by atoms with Crippen LogP contribution in [0, 0.1) is 23.7 Å². The first-order valence-electron chi connectivity index (χ1n) is 11.1. The summed E-state index contributed by atoms with van der Waals surface area (Å²) in [5, 5.41) is 0. The predicted molar refractivity (Wildman–Crippen MR) is 125 cm³/mol. The third-order valence-electron chi connectivity index (χ3n) is 5.68. The molecule has 1 aliphatic carbocycles. The molecule has 0 saturated carbocycles. The lowest BCUT2D eigenvalue weighted by atomic mass is 9.77. The monoisotopic (exact) mass is 410 g/mol. The van der Waals surface area contributed by atoms with Gasteiger partial charge in [-0.15, -0.1) is 0 Å². The summed E-state index contributed by atoms with van der Waals surface area (Å²) in [6, 6.07) is 0. The van der Waals surface area contributed by atoms with E-state index in [1.807, 2.05) is 0 Å². The van der Waals surface area contributed by atoms with Gasteiger partial charge in [-0.05, 0) is 81.0 Å². The molecule has 0 aromatic rings. The lowest BCUT2D eigenvalue weighted by Gasteiger charge is -2.32. The second kappa shape index (κ2) is 9.34. The van der Waals surface area contributed by atoms with Crippen LogP contribution in [0.1, 0.15) is 60.8 Å². The highest BCUT2D eigenvalue weighted by molar-refractivity contribution is 6.70. The first-order chi connectivity index (χ1) is 12.3. The summed E-state index contributed by atoms with van der Waals surface area (Å²) in [4.78, 5) is 0. The van der Waals surface area contributed by atoms with Crippen molar-refractivity contribution in [1.82, 2.24) is 0 Å². The van der Waals surface area contributed by atoms with Crippen LogP contribution >= 0.6 is 0 Å². The summed E-state index contributed by atoms with van der Waals surface area (Å²) < 4.78 is 13.6. The van der Waals surface area contributed by atoms with Crippen molar-refractivity contribution in [2.75, 3.05) is 0 Å². The average molecular weight is 411 g/mol. The van der Waals surface area contributed by atoms with Gasteiger partial charge in [-0.25, -0.2) is 0 Å². The van der Waals surface area contributed by atoms with Crippen LogP contribution in [0.3, 0.4) is 0 Å². The van der Waals surface area contributed by atoms with Crippen LogP contribution in [0.5, 0.6) is 0 Å². The van der Waals surface area contributed by atoms with Crippen LogP contribution < -0.4 is 0 Å². The van der Waals surface area contributed by atoms with Gasteiger partial charge in [0.1, 0.15) is 11.5 Å². The lowest BCUT2D eigenvalue weighted by Crippen LogP contribution is -2.31. The molecule has 1 rings (SSSR count). The summed E-state index contributed by atoms with van der Waals surface area (Å²) in [6.45, 7) is 27.9. The highest BCUT2D eigenvalue weighted by Gasteiger charge is 2.44. The van der Waals surface area contributed by atoms with Gasteiger partial charge in [0.05, 0.1) is 0 Å². The average Bonchev–Trinajstić information content (AvgIpc) is 2.83. The van der Waals surface area contributed by atoms with Crippen LogP contribution in [0.15, 0.2) is 22.7 Å². The summed E-state index contributed by atoms with van der Waals surface area (Å²) in [5.74, 6) is 4.34. The molecule has 0 N–H and O–H groups in total. The highest BCUT2D eigenvalue weighted by Crippen LogP contribution is 2.51. The fourth-order valence-corrected chi connectivity index (χ4v) is 5.57. The Morgan fingerprint density at radius 2 is 1.22 bits per heavy atom. The van der Waals surface area contributed by atoms with Crippen molar-refractivity contribution < 1.29 is 8.85 Å². The van der Waals surface area contributed by atoms with Crippen LogP contribution in [0.2, 0.25) is 39.3 Å². The van der Waals surface area contributed by atoms with Crippen molar-refractivity contribution in [2.24, 2.45) is 23.7 Å². The maximum absolute atomic E-state index is 6.82. The van der Waals surface area contributed by atoms with E-state index in [1.54, 1.807) is 5.57 Å². The molecule has 4 unspecified atom stereocenters. The molecule has 0 spiro atoms. The lowest BCUT2D eigenvalue weighted by molar-refractivity contribution is 0.275. The number of hydrogen-bond acceptors (Lipinski definition) is 2. The SMILES string of the molecule is CCC(C)C1=C(C(C)CC)C(C(C)CC)C(O[Si](C)(C)C)=C1O[Si](C)(C)C. The Balaban J connectivity index is 3.77. The molecule has 0 saturated heterocycles. The van der Waals surface area contributed by atoms with Crippen molar-refractivity contribution in [3.8, 4) is 0 Å². The van der Waals surface area contributed by atoms with Crippen LogP contribution in [0.25, 0.3) is 0 Å². The first-order valence-corrected chi connectivity index (χ1v) is 17.9. The zero-order chi connectivity index (χ0) is 21.2. The number of allylic oxidation sites excluding steroid dienone is 2. The number of rotatable bonds is 10. The molecular formula is C23H46O2Si2. The molecule has 2 nitrogen and oxygen atoms in total. The maximum atomic E-state index is 6.82. The molecule has 158 valence electrons. The minimum Gasteiger partial charge on any atom is -0.544 e. The molecule has 4 atom stereocenters. The van der Waals surface area contributed by atoms with Gasteiger partial charge in [0.25, 0.3) is 0 Å². The van der Waals surface area contributed by atoms with E-state index in [9.17, 15) is 0 Å². The van der Waals surface area contributed by atoms with E-state index in [1.165, 1.54) is 17.8 Å². The summed E-state index contributed by atoms with van der Waals surface area (Å²) >= 11 is 0. The topological polar surface area (TPSA) is 18.5 Å². The summed E-state index contributed by atoms with van der Waals surface area (Å²) in [5.41, 5.74) is 3.09. The van der Waals surface area contributed by atoms with Gasteiger partial charge < -0.3 is 8.85 Å². The van der Waals surface area contributed by atoms with E-state index in [4.69, 9.17) is 8.85 Å². The Bertz CT molecular complexity index is 564. The van der Waals surface area contributed by atoms with Gasteiger partial charge in [0, 0.05) is 5.92 Å².